The first kappa shape index (κ1) is 13.9. The molecule has 2 N–H and O–H groups in total. The molecule has 0 spiro atoms. The first-order valence-electron chi connectivity index (χ1n) is 5.68. The zero-order valence-electron chi connectivity index (χ0n) is 10.8. The molecule has 1 amide bonds. The van der Waals surface area contributed by atoms with Crippen LogP contribution in [0.2, 0.25) is 0 Å². The average Bonchev–Trinajstić information content (AvgIpc) is 2.40. The van der Waals surface area contributed by atoms with Crippen molar-refractivity contribution in [1.29, 1.82) is 0 Å². The predicted octanol–water partition coefficient (Wildman–Crippen LogP) is -1.12. The Morgan fingerprint density at radius 3 is 2.53 bits per heavy atom. The third-order valence-electron chi connectivity index (χ3n) is 2.62. The highest BCUT2D eigenvalue weighted by Gasteiger charge is 2.53. The predicted molar refractivity (Wildman–Crippen MR) is 61.0 cm³/mol. The number of amides is 1. The Kier molecular flexibility index (Phi) is 3.78. The number of quaternary nitrogens is 1. The Morgan fingerprint density at radius 2 is 2.18 bits per heavy atom. The minimum absolute atomic E-state index is 0.0696. The van der Waals surface area contributed by atoms with Crippen molar-refractivity contribution in [3.8, 4) is 0 Å². The van der Waals surface area contributed by atoms with Gasteiger partial charge in [0.1, 0.15) is 12.6 Å². The van der Waals surface area contributed by atoms with E-state index in [0.29, 0.717) is 11.0 Å². The smallest absolute Gasteiger partial charge is 0.337 e. The second-order valence-electron chi connectivity index (χ2n) is 5.46. The Balaban J connectivity index is 2.94. The van der Waals surface area contributed by atoms with Crippen molar-refractivity contribution in [3.63, 3.8) is 0 Å². The van der Waals surface area contributed by atoms with Crippen LogP contribution in [-0.4, -0.2) is 67.4 Å². The molecular weight excluding hydrogens is 224 g/mol. The summed E-state index contributed by atoms with van der Waals surface area (Å²) in [5.74, 6) is -0.982. The summed E-state index contributed by atoms with van der Waals surface area (Å²) in [4.78, 5) is 23.4. The van der Waals surface area contributed by atoms with Crippen LogP contribution in [0, 0.1) is 0 Å². The Hall–Kier alpha value is -1.14. The number of carbonyl (C=O) groups is 2. The SMILES string of the molecule is CCOC(=O)[C@@]1(C[N+](C)(C)C)C[C@H](O)C(=O)N1. The second kappa shape index (κ2) is 4.62. The highest BCUT2D eigenvalue weighted by molar-refractivity contribution is 5.94. The van der Waals surface area contributed by atoms with Crippen molar-refractivity contribution >= 4 is 11.9 Å². The lowest BCUT2D eigenvalue weighted by atomic mass is 9.95. The lowest BCUT2D eigenvalue weighted by Gasteiger charge is -2.34. The van der Waals surface area contributed by atoms with Crippen molar-refractivity contribution in [2.45, 2.75) is 25.0 Å². The maximum absolute atomic E-state index is 12.0. The van der Waals surface area contributed by atoms with E-state index in [9.17, 15) is 14.7 Å². The molecule has 6 heteroatoms. The molecule has 0 radical (unpaired) electrons. The molecule has 1 saturated heterocycles. The monoisotopic (exact) mass is 245 g/mol. The van der Waals surface area contributed by atoms with E-state index in [2.05, 4.69) is 5.32 Å². The molecule has 0 aromatic rings. The molecule has 0 aliphatic carbocycles. The normalized spacial score (nSPS) is 29.0. The molecule has 98 valence electrons. The summed E-state index contributed by atoms with van der Waals surface area (Å²) in [6.07, 6.45) is -1.06. The summed E-state index contributed by atoms with van der Waals surface area (Å²) >= 11 is 0. The lowest BCUT2D eigenvalue weighted by molar-refractivity contribution is -0.873. The maximum Gasteiger partial charge on any atom is 0.337 e. The lowest BCUT2D eigenvalue weighted by Crippen LogP contribution is -2.60. The fourth-order valence-electron chi connectivity index (χ4n) is 2.17. The fourth-order valence-corrected chi connectivity index (χ4v) is 2.17. The molecule has 0 bridgehead atoms. The first-order chi connectivity index (χ1) is 7.70. The Morgan fingerprint density at radius 1 is 1.59 bits per heavy atom. The van der Waals surface area contributed by atoms with Crippen molar-refractivity contribution in [2.75, 3.05) is 34.3 Å². The van der Waals surface area contributed by atoms with Crippen LogP contribution in [0.1, 0.15) is 13.3 Å². The summed E-state index contributed by atoms with van der Waals surface area (Å²) in [6, 6.07) is 0. The minimum Gasteiger partial charge on any atom is -0.464 e. The molecule has 2 atom stereocenters. The van der Waals surface area contributed by atoms with Gasteiger partial charge in [0.05, 0.1) is 27.7 Å². The van der Waals surface area contributed by atoms with Crippen LogP contribution in [0.4, 0.5) is 0 Å². The van der Waals surface area contributed by atoms with Crippen LogP contribution in [0.15, 0.2) is 0 Å². The molecule has 6 nitrogen and oxygen atoms in total. The van der Waals surface area contributed by atoms with Crippen LogP contribution in [0.5, 0.6) is 0 Å². The number of esters is 1. The van der Waals surface area contributed by atoms with E-state index in [-0.39, 0.29) is 13.0 Å². The molecule has 0 aromatic carbocycles. The molecule has 1 heterocycles. The van der Waals surface area contributed by atoms with Crippen LogP contribution >= 0.6 is 0 Å². The zero-order chi connectivity index (χ0) is 13.3. The van der Waals surface area contributed by atoms with Gasteiger partial charge in [-0.2, -0.15) is 0 Å². The van der Waals surface area contributed by atoms with E-state index in [1.165, 1.54) is 0 Å². The van der Waals surface area contributed by atoms with Gasteiger partial charge in [-0.3, -0.25) is 4.79 Å². The van der Waals surface area contributed by atoms with Crippen molar-refractivity contribution < 1.29 is 23.9 Å². The van der Waals surface area contributed by atoms with Gasteiger partial charge in [0.25, 0.3) is 0 Å². The summed E-state index contributed by atoms with van der Waals surface area (Å²) < 4.78 is 5.49. The topological polar surface area (TPSA) is 75.6 Å². The van der Waals surface area contributed by atoms with E-state index >= 15 is 0 Å². The zero-order valence-corrected chi connectivity index (χ0v) is 10.8. The van der Waals surface area contributed by atoms with Gasteiger partial charge >= 0.3 is 5.97 Å². The summed E-state index contributed by atoms with van der Waals surface area (Å²) in [6.45, 7) is 2.35. The van der Waals surface area contributed by atoms with Crippen molar-refractivity contribution in [2.24, 2.45) is 0 Å². The van der Waals surface area contributed by atoms with Crippen molar-refractivity contribution in [3.05, 3.63) is 0 Å². The number of nitrogens with zero attached hydrogens (tertiary/aromatic N) is 1. The van der Waals surface area contributed by atoms with Crippen LogP contribution in [-0.2, 0) is 14.3 Å². The van der Waals surface area contributed by atoms with E-state index < -0.39 is 23.5 Å². The van der Waals surface area contributed by atoms with E-state index in [0.717, 1.165) is 0 Å². The number of ether oxygens (including phenoxy) is 1. The molecule has 1 aliphatic heterocycles. The number of hydrogen-bond donors (Lipinski definition) is 2. The second-order valence-corrected chi connectivity index (χ2v) is 5.46. The van der Waals surface area contributed by atoms with Gasteiger partial charge in [0.2, 0.25) is 5.91 Å². The van der Waals surface area contributed by atoms with E-state index in [1.54, 1.807) is 6.92 Å². The van der Waals surface area contributed by atoms with Gasteiger partial charge in [0, 0.05) is 6.42 Å². The largest absolute Gasteiger partial charge is 0.464 e. The first-order valence-corrected chi connectivity index (χ1v) is 5.68. The molecule has 0 saturated carbocycles. The van der Waals surface area contributed by atoms with Crippen molar-refractivity contribution in [1.82, 2.24) is 5.32 Å². The van der Waals surface area contributed by atoms with Gasteiger partial charge in [-0.1, -0.05) is 0 Å². The standard InChI is InChI=1S/C11H20N2O4/c1-5-17-10(16)11(7-13(2,3)4)6-8(14)9(15)12-11/h8,14H,5-7H2,1-4H3/p+1/t8-,11-/m0/s1. The molecule has 1 rings (SSSR count). The van der Waals surface area contributed by atoms with Crippen LogP contribution < -0.4 is 5.32 Å². The van der Waals surface area contributed by atoms with E-state index in [4.69, 9.17) is 4.74 Å². The van der Waals surface area contributed by atoms with E-state index in [1.807, 2.05) is 21.1 Å². The number of hydrogen-bond acceptors (Lipinski definition) is 4. The average molecular weight is 245 g/mol. The van der Waals surface area contributed by atoms with Gasteiger partial charge in [-0.05, 0) is 6.92 Å². The number of aliphatic hydroxyl groups excluding tert-OH is 1. The number of rotatable bonds is 4. The third-order valence-corrected chi connectivity index (χ3v) is 2.62. The fraction of sp³-hybridized carbons (Fsp3) is 0.818. The number of nitrogens with one attached hydrogen (secondary N) is 1. The number of carbonyl (C=O) groups excluding carboxylic acids is 2. The Bertz CT molecular complexity index is 324. The highest BCUT2D eigenvalue weighted by Crippen LogP contribution is 2.24. The number of aliphatic hydroxyl groups is 1. The summed E-state index contributed by atoms with van der Waals surface area (Å²) in [7, 11) is 5.74. The third kappa shape index (κ3) is 3.17. The maximum atomic E-state index is 12.0. The summed E-state index contributed by atoms with van der Waals surface area (Å²) in [5, 5.41) is 12.1. The minimum atomic E-state index is -1.13. The molecule has 0 unspecified atom stereocenters. The van der Waals surface area contributed by atoms with Crippen LogP contribution in [0.3, 0.4) is 0 Å². The molecule has 0 aromatic heterocycles. The number of likely N-dealkylation sites (N-methyl/N-ethyl adjacent to an activating group) is 1. The molecule has 1 aliphatic rings. The molecular formula is C11H21N2O4+. The summed E-state index contributed by atoms with van der Waals surface area (Å²) in [5.41, 5.74) is -1.11. The van der Waals surface area contributed by atoms with Gasteiger partial charge < -0.3 is 19.6 Å². The van der Waals surface area contributed by atoms with Gasteiger partial charge in [-0.25, -0.2) is 4.79 Å². The Labute approximate surface area is 101 Å². The van der Waals surface area contributed by atoms with Gasteiger partial charge in [-0.15, -0.1) is 0 Å². The van der Waals surface area contributed by atoms with Crippen LogP contribution in [0.25, 0.3) is 0 Å². The highest BCUT2D eigenvalue weighted by atomic mass is 16.5. The molecule has 17 heavy (non-hydrogen) atoms. The van der Waals surface area contributed by atoms with Gasteiger partial charge in [0.15, 0.2) is 5.54 Å². The molecule has 1 fully saturated rings. The quantitative estimate of drug-likeness (QED) is 0.486.